The van der Waals surface area contributed by atoms with Crippen molar-refractivity contribution in [3.63, 3.8) is 0 Å². The van der Waals surface area contributed by atoms with Gasteiger partial charge in [0.2, 0.25) is 5.91 Å². The van der Waals surface area contributed by atoms with E-state index in [1.807, 2.05) is 24.3 Å². The minimum Gasteiger partial charge on any atom is -0.385 e. The van der Waals surface area contributed by atoms with E-state index in [1.54, 1.807) is 29.9 Å². The molecule has 3 rings (SSSR count). The molecular weight excluding hydrogens is 434 g/mol. The third kappa shape index (κ3) is 6.09. The van der Waals surface area contributed by atoms with E-state index >= 15 is 0 Å². The van der Waals surface area contributed by atoms with Crippen molar-refractivity contribution in [2.24, 2.45) is 0 Å². The van der Waals surface area contributed by atoms with Crippen molar-refractivity contribution < 1.29 is 9.53 Å². The van der Waals surface area contributed by atoms with Crippen LogP contribution in [-0.2, 0) is 16.1 Å². The number of ether oxygens (including phenoxy) is 1. The number of aromatic nitrogens is 2. The van der Waals surface area contributed by atoms with Crippen LogP contribution in [0.5, 0.6) is 0 Å². The van der Waals surface area contributed by atoms with Crippen molar-refractivity contribution in [1.82, 2.24) is 9.55 Å². The van der Waals surface area contributed by atoms with E-state index in [2.05, 4.69) is 24.1 Å². The van der Waals surface area contributed by atoms with Crippen molar-refractivity contribution in [1.29, 1.82) is 0 Å². The molecule has 0 radical (unpaired) electrons. The van der Waals surface area contributed by atoms with Crippen LogP contribution in [0.15, 0.2) is 52.4 Å². The zero-order valence-corrected chi connectivity index (χ0v) is 19.4. The number of carbonyl (C=O) groups is 1. The van der Waals surface area contributed by atoms with Gasteiger partial charge in [0.25, 0.3) is 5.56 Å². The number of anilines is 1. The molecule has 0 saturated carbocycles. The molecule has 0 atom stereocenters. The Bertz CT molecular complexity index is 1110. The highest BCUT2D eigenvalue weighted by atomic mass is 35.5. The normalized spacial score (nSPS) is 11.3. The summed E-state index contributed by atoms with van der Waals surface area (Å²) in [6.07, 6.45) is 0.666. The zero-order valence-electron chi connectivity index (χ0n) is 17.9. The molecule has 0 unspecified atom stereocenters. The van der Waals surface area contributed by atoms with Gasteiger partial charge in [-0.25, -0.2) is 4.98 Å². The lowest BCUT2D eigenvalue weighted by atomic mass is 10.0. The van der Waals surface area contributed by atoms with E-state index in [-0.39, 0.29) is 17.2 Å². The van der Waals surface area contributed by atoms with Crippen LogP contribution in [-0.4, -0.2) is 34.9 Å². The van der Waals surface area contributed by atoms with Crippen LogP contribution in [0.3, 0.4) is 0 Å². The first-order valence-electron chi connectivity index (χ1n) is 10.1. The number of hydrogen-bond donors (Lipinski definition) is 1. The Labute approximate surface area is 191 Å². The number of nitrogens with zero attached hydrogens (tertiary/aromatic N) is 2. The van der Waals surface area contributed by atoms with Crippen molar-refractivity contribution in [2.75, 3.05) is 24.8 Å². The molecule has 1 amide bonds. The van der Waals surface area contributed by atoms with Gasteiger partial charge in [0.05, 0.1) is 16.7 Å². The summed E-state index contributed by atoms with van der Waals surface area (Å²) in [6, 6.07) is 12.8. The first-order chi connectivity index (χ1) is 14.9. The fourth-order valence-corrected chi connectivity index (χ4v) is 4.12. The lowest BCUT2D eigenvalue weighted by molar-refractivity contribution is -0.113. The fourth-order valence-electron chi connectivity index (χ4n) is 3.13. The lowest BCUT2D eigenvalue weighted by Crippen LogP contribution is -2.25. The maximum absolute atomic E-state index is 13.0. The molecule has 2 aromatic carbocycles. The molecule has 6 nitrogen and oxygen atoms in total. The first kappa shape index (κ1) is 23.3. The molecule has 0 aliphatic heterocycles. The summed E-state index contributed by atoms with van der Waals surface area (Å²) in [4.78, 5) is 30.1. The number of thioether (sulfide) groups is 1. The summed E-state index contributed by atoms with van der Waals surface area (Å²) in [5.41, 5.74) is 2.33. The number of amides is 1. The molecule has 0 saturated heterocycles. The third-order valence-electron chi connectivity index (χ3n) is 4.81. The standard InChI is InChI=1S/C23H26ClN3O3S/c1-15(2)16-5-8-18(9-6-16)25-21(28)14-31-23-26-20-13-17(24)7-10-19(20)22(29)27(23)11-4-12-30-3/h5-10,13,15H,4,11-12,14H2,1-3H3,(H,25,28). The van der Waals surface area contributed by atoms with Crippen LogP contribution < -0.4 is 10.9 Å². The van der Waals surface area contributed by atoms with E-state index in [0.717, 1.165) is 5.69 Å². The number of benzene rings is 2. The maximum atomic E-state index is 13.0. The molecule has 0 bridgehead atoms. The predicted octanol–water partition coefficient (Wildman–Crippen LogP) is 4.94. The molecule has 1 heterocycles. The van der Waals surface area contributed by atoms with Gasteiger partial charge >= 0.3 is 0 Å². The van der Waals surface area contributed by atoms with E-state index < -0.39 is 0 Å². The Morgan fingerprint density at radius 1 is 1.23 bits per heavy atom. The van der Waals surface area contributed by atoms with Gasteiger partial charge in [-0.3, -0.25) is 14.2 Å². The lowest BCUT2D eigenvalue weighted by Gasteiger charge is -2.13. The van der Waals surface area contributed by atoms with Crippen LogP contribution in [0.25, 0.3) is 10.9 Å². The van der Waals surface area contributed by atoms with Crippen molar-refractivity contribution in [3.05, 3.63) is 63.4 Å². The Morgan fingerprint density at radius 3 is 2.65 bits per heavy atom. The second kappa shape index (κ2) is 10.8. The van der Waals surface area contributed by atoms with Crippen molar-refractivity contribution >= 4 is 45.9 Å². The van der Waals surface area contributed by atoms with Gasteiger partial charge in [-0.2, -0.15) is 0 Å². The van der Waals surface area contributed by atoms with Crippen LogP contribution in [0.2, 0.25) is 5.02 Å². The van der Waals surface area contributed by atoms with Crippen molar-refractivity contribution in [2.45, 2.75) is 37.9 Å². The molecule has 8 heteroatoms. The molecule has 0 aliphatic carbocycles. The van der Waals surface area contributed by atoms with Gasteiger partial charge in [-0.1, -0.05) is 49.3 Å². The third-order valence-corrected chi connectivity index (χ3v) is 6.02. The van der Waals surface area contributed by atoms with Gasteiger partial charge in [-0.15, -0.1) is 0 Å². The van der Waals surface area contributed by atoms with Crippen LogP contribution in [0.4, 0.5) is 5.69 Å². The van der Waals surface area contributed by atoms with E-state index in [4.69, 9.17) is 16.3 Å². The van der Waals surface area contributed by atoms with Gasteiger partial charge in [0.1, 0.15) is 0 Å². The Hall–Kier alpha value is -2.35. The number of nitrogens with one attached hydrogen (secondary N) is 1. The molecule has 1 aromatic heterocycles. The molecule has 0 spiro atoms. The second-order valence-corrected chi connectivity index (χ2v) is 8.85. The fraction of sp³-hybridized carbons (Fsp3) is 0.348. The first-order valence-corrected chi connectivity index (χ1v) is 11.5. The Kier molecular flexibility index (Phi) is 8.12. The monoisotopic (exact) mass is 459 g/mol. The summed E-state index contributed by atoms with van der Waals surface area (Å²) in [5.74, 6) is 0.406. The number of carbonyl (C=O) groups excluding carboxylic acids is 1. The summed E-state index contributed by atoms with van der Waals surface area (Å²) >= 11 is 7.31. The van der Waals surface area contributed by atoms with Gasteiger partial charge in [-0.05, 0) is 48.2 Å². The van der Waals surface area contributed by atoms with Crippen LogP contribution in [0.1, 0.15) is 31.7 Å². The van der Waals surface area contributed by atoms with Gasteiger partial charge in [0, 0.05) is 31.0 Å². The van der Waals surface area contributed by atoms with Gasteiger partial charge < -0.3 is 10.1 Å². The molecule has 164 valence electrons. The molecular formula is C23H26ClN3O3S. The molecule has 0 fully saturated rings. The summed E-state index contributed by atoms with van der Waals surface area (Å²) in [6.45, 7) is 5.24. The minimum atomic E-state index is -0.161. The Balaban J connectivity index is 1.77. The summed E-state index contributed by atoms with van der Waals surface area (Å²) in [5, 5.41) is 4.39. The predicted molar refractivity (Wildman–Crippen MR) is 127 cm³/mol. The number of rotatable bonds is 9. The van der Waals surface area contributed by atoms with Crippen LogP contribution >= 0.6 is 23.4 Å². The average molecular weight is 460 g/mol. The average Bonchev–Trinajstić information content (AvgIpc) is 2.74. The molecule has 0 aliphatic rings. The van der Waals surface area contributed by atoms with E-state index in [0.29, 0.717) is 46.6 Å². The largest absolute Gasteiger partial charge is 0.385 e. The van der Waals surface area contributed by atoms with Crippen molar-refractivity contribution in [3.8, 4) is 0 Å². The highest BCUT2D eigenvalue weighted by Crippen LogP contribution is 2.22. The second-order valence-electron chi connectivity index (χ2n) is 7.47. The number of fused-ring (bicyclic) bond motifs is 1. The van der Waals surface area contributed by atoms with Gasteiger partial charge in [0.15, 0.2) is 5.16 Å². The molecule has 31 heavy (non-hydrogen) atoms. The topological polar surface area (TPSA) is 73.2 Å². The summed E-state index contributed by atoms with van der Waals surface area (Å²) in [7, 11) is 1.62. The minimum absolute atomic E-state index is 0.134. The summed E-state index contributed by atoms with van der Waals surface area (Å²) < 4.78 is 6.71. The highest BCUT2D eigenvalue weighted by molar-refractivity contribution is 7.99. The number of hydrogen-bond acceptors (Lipinski definition) is 5. The number of halogens is 1. The van der Waals surface area contributed by atoms with Crippen LogP contribution in [0, 0.1) is 0 Å². The molecule has 3 aromatic rings. The maximum Gasteiger partial charge on any atom is 0.262 e. The quantitative estimate of drug-likeness (QED) is 0.278. The van der Waals surface area contributed by atoms with E-state index in [1.165, 1.54) is 17.3 Å². The SMILES string of the molecule is COCCCn1c(SCC(=O)Nc2ccc(C(C)C)cc2)nc2cc(Cl)ccc2c1=O. The smallest absolute Gasteiger partial charge is 0.262 e. The number of methoxy groups -OCH3 is 1. The molecule has 1 N–H and O–H groups in total. The van der Waals surface area contributed by atoms with E-state index in [9.17, 15) is 9.59 Å². The zero-order chi connectivity index (χ0) is 22.4. The highest BCUT2D eigenvalue weighted by Gasteiger charge is 2.14. The Morgan fingerprint density at radius 2 is 1.97 bits per heavy atom.